The molecule has 0 unspecified atom stereocenters. The zero-order valence-electron chi connectivity index (χ0n) is 12.6. The van der Waals surface area contributed by atoms with Crippen LogP contribution in [0.5, 0.6) is 0 Å². The summed E-state index contributed by atoms with van der Waals surface area (Å²) in [6.45, 7) is 5.13. The summed E-state index contributed by atoms with van der Waals surface area (Å²) in [4.78, 5) is 0.343. The molecule has 112 valence electrons. The molecule has 0 amide bonds. The van der Waals surface area contributed by atoms with E-state index >= 15 is 0 Å². The molecule has 1 N–H and O–H groups in total. The van der Waals surface area contributed by atoms with Crippen molar-refractivity contribution in [2.45, 2.75) is 24.2 Å². The monoisotopic (exact) mass is 303 g/mol. The molecule has 0 saturated heterocycles. The molecule has 0 aliphatic heterocycles. The molecule has 0 heterocycles. The van der Waals surface area contributed by atoms with Gasteiger partial charge in [0.05, 0.1) is 4.90 Å². The minimum absolute atomic E-state index is 0.00321. The average Bonchev–Trinajstić information content (AvgIpc) is 2.46. The topological polar surface area (TPSA) is 46.2 Å². The molecule has 0 aromatic heterocycles. The highest BCUT2D eigenvalue weighted by molar-refractivity contribution is 7.90. The standard InChI is InChI=1S/C17H21NO2S/c1-17(2,14-7-5-4-6-8-14)13-18-15-9-11-16(12-10-15)21(3,19)20/h4-12,18H,13H2,1-3H3. The highest BCUT2D eigenvalue weighted by Crippen LogP contribution is 2.24. The molecular formula is C17H21NO2S. The summed E-state index contributed by atoms with van der Waals surface area (Å²) in [6.07, 6.45) is 1.22. The van der Waals surface area contributed by atoms with Gasteiger partial charge >= 0.3 is 0 Å². The Morgan fingerprint density at radius 2 is 1.52 bits per heavy atom. The lowest BCUT2D eigenvalue weighted by Crippen LogP contribution is -2.27. The zero-order valence-corrected chi connectivity index (χ0v) is 13.4. The summed E-state index contributed by atoms with van der Waals surface area (Å²) < 4.78 is 22.9. The molecule has 21 heavy (non-hydrogen) atoms. The van der Waals surface area contributed by atoms with Crippen LogP contribution in [0.15, 0.2) is 59.5 Å². The molecule has 0 atom stereocenters. The predicted octanol–water partition coefficient (Wildman–Crippen LogP) is 3.48. The molecule has 2 aromatic rings. The van der Waals surface area contributed by atoms with E-state index in [1.54, 1.807) is 24.3 Å². The number of nitrogens with one attached hydrogen (secondary N) is 1. The van der Waals surface area contributed by atoms with E-state index in [0.29, 0.717) is 4.90 Å². The summed E-state index contributed by atoms with van der Waals surface area (Å²) in [7, 11) is -3.13. The van der Waals surface area contributed by atoms with Crippen LogP contribution in [0.2, 0.25) is 0 Å². The van der Waals surface area contributed by atoms with E-state index in [9.17, 15) is 8.42 Å². The van der Waals surface area contributed by atoms with Crippen molar-refractivity contribution in [1.29, 1.82) is 0 Å². The quantitative estimate of drug-likeness (QED) is 0.920. The maximum Gasteiger partial charge on any atom is 0.175 e. The van der Waals surface area contributed by atoms with Gasteiger partial charge in [0, 0.05) is 23.9 Å². The SMILES string of the molecule is CC(C)(CNc1ccc(S(C)(=O)=O)cc1)c1ccccc1. The van der Waals surface area contributed by atoms with Gasteiger partial charge < -0.3 is 5.32 Å². The van der Waals surface area contributed by atoms with E-state index in [1.165, 1.54) is 11.8 Å². The molecular weight excluding hydrogens is 282 g/mol. The molecule has 2 rings (SSSR count). The lowest BCUT2D eigenvalue weighted by atomic mass is 9.84. The molecule has 0 radical (unpaired) electrons. The van der Waals surface area contributed by atoms with E-state index in [4.69, 9.17) is 0 Å². The first kappa shape index (κ1) is 15.6. The molecule has 2 aromatic carbocycles. The summed E-state index contributed by atoms with van der Waals surface area (Å²) in [5.74, 6) is 0. The van der Waals surface area contributed by atoms with Crippen molar-refractivity contribution in [1.82, 2.24) is 0 Å². The predicted molar refractivity (Wildman–Crippen MR) is 87.5 cm³/mol. The first-order chi connectivity index (χ1) is 9.79. The van der Waals surface area contributed by atoms with E-state index in [-0.39, 0.29) is 5.41 Å². The smallest absolute Gasteiger partial charge is 0.175 e. The summed E-state index contributed by atoms with van der Waals surface area (Å²) >= 11 is 0. The largest absolute Gasteiger partial charge is 0.384 e. The van der Waals surface area contributed by atoms with E-state index in [0.717, 1.165) is 12.2 Å². The Bertz CT molecular complexity index is 689. The third-order valence-electron chi connectivity index (χ3n) is 3.57. The van der Waals surface area contributed by atoms with E-state index in [1.807, 2.05) is 18.2 Å². The average molecular weight is 303 g/mol. The van der Waals surface area contributed by atoms with Gasteiger partial charge in [0.15, 0.2) is 9.84 Å². The van der Waals surface area contributed by atoms with Gasteiger partial charge in [0.1, 0.15) is 0 Å². The van der Waals surface area contributed by atoms with Crippen molar-refractivity contribution in [2.75, 3.05) is 18.1 Å². The fraction of sp³-hybridized carbons (Fsp3) is 0.294. The third kappa shape index (κ3) is 4.08. The van der Waals surface area contributed by atoms with Crippen LogP contribution in [0.25, 0.3) is 0 Å². The van der Waals surface area contributed by atoms with Crippen LogP contribution < -0.4 is 5.32 Å². The maximum absolute atomic E-state index is 11.4. The van der Waals surface area contributed by atoms with Gasteiger partial charge in [-0.15, -0.1) is 0 Å². The molecule has 0 aliphatic carbocycles. The number of hydrogen-bond acceptors (Lipinski definition) is 3. The van der Waals surface area contributed by atoms with Crippen LogP contribution >= 0.6 is 0 Å². The zero-order chi connectivity index (χ0) is 15.5. The Kier molecular flexibility index (Phi) is 4.37. The second-order valence-corrected chi connectivity index (χ2v) is 7.92. The summed E-state index contributed by atoms with van der Waals surface area (Å²) in [6, 6.07) is 17.2. The lowest BCUT2D eigenvalue weighted by molar-refractivity contribution is 0.557. The Balaban J connectivity index is 2.06. The van der Waals surface area contributed by atoms with Gasteiger partial charge in [-0.25, -0.2) is 8.42 Å². The van der Waals surface area contributed by atoms with Gasteiger partial charge in [-0.1, -0.05) is 44.2 Å². The Morgan fingerprint density at radius 3 is 2.05 bits per heavy atom. The van der Waals surface area contributed by atoms with Crippen LogP contribution in [0.1, 0.15) is 19.4 Å². The molecule has 0 saturated carbocycles. The highest BCUT2D eigenvalue weighted by atomic mass is 32.2. The van der Waals surface area contributed by atoms with Crippen molar-refractivity contribution < 1.29 is 8.42 Å². The number of sulfone groups is 1. The van der Waals surface area contributed by atoms with Gasteiger partial charge in [0.25, 0.3) is 0 Å². The van der Waals surface area contributed by atoms with Crippen LogP contribution in [-0.4, -0.2) is 21.2 Å². The van der Waals surface area contributed by atoms with Gasteiger partial charge in [-0.3, -0.25) is 0 Å². The van der Waals surface area contributed by atoms with E-state index in [2.05, 4.69) is 31.3 Å². The fourth-order valence-corrected chi connectivity index (χ4v) is 2.76. The molecule has 0 fully saturated rings. The van der Waals surface area contributed by atoms with Crippen molar-refractivity contribution in [3.05, 3.63) is 60.2 Å². The summed E-state index contributed by atoms with van der Waals surface area (Å²) in [5.41, 5.74) is 2.19. The third-order valence-corrected chi connectivity index (χ3v) is 4.70. The highest BCUT2D eigenvalue weighted by Gasteiger charge is 2.19. The van der Waals surface area contributed by atoms with Crippen LogP contribution in [0.4, 0.5) is 5.69 Å². The number of rotatable bonds is 5. The normalized spacial score (nSPS) is 12.1. The van der Waals surface area contributed by atoms with Gasteiger partial charge in [-0.2, -0.15) is 0 Å². The van der Waals surface area contributed by atoms with Gasteiger partial charge in [-0.05, 0) is 29.8 Å². The maximum atomic E-state index is 11.4. The Hall–Kier alpha value is -1.81. The number of anilines is 1. The van der Waals surface area contributed by atoms with E-state index < -0.39 is 9.84 Å². The minimum Gasteiger partial charge on any atom is -0.384 e. The lowest BCUT2D eigenvalue weighted by Gasteiger charge is -2.26. The number of benzene rings is 2. The van der Waals surface area contributed by atoms with Crippen LogP contribution in [0.3, 0.4) is 0 Å². The summed E-state index contributed by atoms with van der Waals surface area (Å²) in [5, 5.41) is 3.37. The molecule has 4 heteroatoms. The molecule has 0 aliphatic rings. The molecule has 0 spiro atoms. The second-order valence-electron chi connectivity index (χ2n) is 5.90. The minimum atomic E-state index is -3.13. The number of hydrogen-bond donors (Lipinski definition) is 1. The van der Waals surface area contributed by atoms with Crippen molar-refractivity contribution in [2.24, 2.45) is 0 Å². The van der Waals surface area contributed by atoms with Crippen molar-refractivity contribution in [3.63, 3.8) is 0 Å². The molecule has 0 bridgehead atoms. The first-order valence-corrected chi connectivity index (χ1v) is 8.78. The Morgan fingerprint density at radius 1 is 0.952 bits per heavy atom. The molecule has 3 nitrogen and oxygen atoms in total. The van der Waals surface area contributed by atoms with Crippen LogP contribution in [0, 0.1) is 0 Å². The van der Waals surface area contributed by atoms with Crippen molar-refractivity contribution >= 4 is 15.5 Å². The van der Waals surface area contributed by atoms with Crippen LogP contribution in [-0.2, 0) is 15.3 Å². The van der Waals surface area contributed by atoms with Gasteiger partial charge in [0.2, 0.25) is 0 Å². The van der Waals surface area contributed by atoms with Crippen molar-refractivity contribution in [3.8, 4) is 0 Å². The second kappa shape index (κ2) is 5.90. The Labute approximate surface area is 126 Å². The fourth-order valence-electron chi connectivity index (χ4n) is 2.13. The first-order valence-electron chi connectivity index (χ1n) is 6.88.